The minimum atomic E-state index is -0.103. The second-order valence-corrected chi connectivity index (χ2v) is 6.82. The van der Waals surface area contributed by atoms with Gasteiger partial charge in [0.05, 0.1) is 10.6 Å². The number of anilines is 1. The molecule has 2 unspecified atom stereocenters. The van der Waals surface area contributed by atoms with E-state index < -0.39 is 0 Å². The molecule has 1 aromatic heterocycles. The van der Waals surface area contributed by atoms with Gasteiger partial charge in [-0.15, -0.1) is 0 Å². The van der Waals surface area contributed by atoms with Gasteiger partial charge in [-0.1, -0.05) is 18.0 Å². The topological polar surface area (TPSA) is 54.0 Å². The van der Waals surface area contributed by atoms with E-state index in [-0.39, 0.29) is 11.9 Å². The molecule has 1 aliphatic rings. The molecule has 2 atom stereocenters. The molecule has 2 rings (SSSR count). The largest absolute Gasteiger partial charge is 0.370 e. The van der Waals surface area contributed by atoms with Crippen LogP contribution < -0.4 is 10.6 Å². The van der Waals surface area contributed by atoms with E-state index in [4.69, 9.17) is 11.6 Å². The van der Waals surface area contributed by atoms with Crippen molar-refractivity contribution in [2.24, 2.45) is 0 Å². The molecule has 1 aromatic rings. The van der Waals surface area contributed by atoms with Crippen molar-refractivity contribution in [1.29, 1.82) is 0 Å². The first-order valence-electron chi connectivity index (χ1n) is 7.37. The zero-order chi connectivity index (χ0) is 15.2. The van der Waals surface area contributed by atoms with Crippen molar-refractivity contribution in [3.63, 3.8) is 0 Å². The zero-order valence-electron chi connectivity index (χ0n) is 12.5. The zero-order valence-corrected chi connectivity index (χ0v) is 14.1. The molecule has 1 saturated carbocycles. The Balaban J connectivity index is 2.04. The number of hydrogen-bond donors (Lipinski definition) is 2. The van der Waals surface area contributed by atoms with Gasteiger partial charge in [0, 0.05) is 24.0 Å². The summed E-state index contributed by atoms with van der Waals surface area (Å²) in [6, 6.07) is 1.96. The van der Waals surface area contributed by atoms with Gasteiger partial charge in [-0.3, -0.25) is 4.79 Å². The number of carbonyl (C=O) groups excluding carboxylic acids is 1. The molecule has 4 nitrogen and oxygen atoms in total. The lowest BCUT2D eigenvalue weighted by Crippen LogP contribution is -2.39. The van der Waals surface area contributed by atoms with Crippen molar-refractivity contribution in [2.75, 3.05) is 18.1 Å². The molecule has 0 spiro atoms. The summed E-state index contributed by atoms with van der Waals surface area (Å²) < 4.78 is 0. The number of thioether (sulfide) groups is 1. The highest BCUT2D eigenvalue weighted by Crippen LogP contribution is 2.27. The lowest BCUT2D eigenvalue weighted by atomic mass is 9.94. The molecule has 1 fully saturated rings. The Bertz CT molecular complexity index is 498. The van der Waals surface area contributed by atoms with Crippen LogP contribution in [0, 0.1) is 0 Å². The van der Waals surface area contributed by atoms with Crippen LogP contribution in [0.2, 0.25) is 5.02 Å². The fourth-order valence-electron chi connectivity index (χ4n) is 2.64. The van der Waals surface area contributed by atoms with Crippen molar-refractivity contribution in [2.45, 2.75) is 43.9 Å². The second-order valence-electron chi connectivity index (χ2n) is 5.27. The van der Waals surface area contributed by atoms with Crippen LogP contribution in [-0.4, -0.2) is 35.0 Å². The Morgan fingerprint density at radius 2 is 2.33 bits per heavy atom. The second kappa shape index (κ2) is 7.90. The summed E-state index contributed by atoms with van der Waals surface area (Å²) in [6.07, 6.45) is 8.16. The van der Waals surface area contributed by atoms with Gasteiger partial charge in [-0.25, -0.2) is 4.98 Å². The van der Waals surface area contributed by atoms with Crippen LogP contribution in [0.1, 0.15) is 43.0 Å². The molecule has 0 aromatic carbocycles. The maximum Gasteiger partial charge on any atom is 0.253 e. The number of hydrogen-bond acceptors (Lipinski definition) is 4. The third-order valence-corrected chi connectivity index (χ3v) is 5.15. The van der Waals surface area contributed by atoms with Gasteiger partial charge in [0.25, 0.3) is 5.91 Å². The third kappa shape index (κ3) is 4.51. The van der Waals surface area contributed by atoms with Gasteiger partial charge in [-0.05, 0) is 38.5 Å². The summed E-state index contributed by atoms with van der Waals surface area (Å²) in [5, 5.41) is 7.26. The van der Waals surface area contributed by atoms with E-state index in [1.807, 2.05) is 18.7 Å². The van der Waals surface area contributed by atoms with Crippen LogP contribution in [0.15, 0.2) is 12.3 Å². The minimum Gasteiger partial charge on any atom is -0.370 e. The summed E-state index contributed by atoms with van der Waals surface area (Å²) in [4.78, 5) is 16.6. The highest BCUT2D eigenvalue weighted by molar-refractivity contribution is 7.99. The van der Waals surface area contributed by atoms with E-state index in [1.54, 1.807) is 6.07 Å². The number of halogens is 1. The average Bonchev–Trinajstić information content (AvgIpc) is 2.49. The highest BCUT2D eigenvalue weighted by atomic mass is 35.5. The normalized spacial score (nSPS) is 21.9. The molecule has 0 saturated heterocycles. The monoisotopic (exact) mass is 327 g/mol. The number of rotatable bonds is 5. The quantitative estimate of drug-likeness (QED) is 0.868. The predicted octanol–water partition coefficient (Wildman–Crippen LogP) is 3.57. The molecule has 1 aliphatic carbocycles. The molecule has 21 heavy (non-hydrogen) atoms. The minimum absolute atomic E-state index is 0.103. The van der Waals surface area contributed by atoms with Gasteiger partial charge >= 0.3 is 0 Å². The van der Waals surface area contributed by atoms with E-state index in [1.165, 1.54) is 19.0 Å². The maximum atomic E-state index is 12.4. The SMILES string of the molecule is CCNc1cc(C(=O)NC2CCCC(SC)C2)c(Cl)cn1. The summed E-state index contributed by atoms with van der Waals surface area (Å²) in [6.45, 7) is 2.74. The van der Waals surface area contributed by atoms with Crippen LogP contribution >= 0.6 is 23.4 Å². The van der Waals surface area contributed by atoms with Crippen LogP contribution in [0.5, 0.6) is 0 Å². The van der Waals surface area contributed by atoms with Crippen molar-refractivity contribution in [3.8, 4) is 0 Å². The van der Waals surface area contributed by atoms with E-state index >= 15 is 0 Å². The van der Waals surface area contributed by atoms with Gasteiger partial charge in [0.2, 0.25) is 0 Å². The Kier molecular flexibility index (Phi) is 6.18. The van der Waals surface area contributed by atoms with E-state index in [0.29, 0.717) is 21.7 Å². The first-order valence-corrected chi connectivity index (χ1v) is 9.03. The van der Waals surface area contributed by atoms with E-state index in [9.17, 15) is 4.79 Å². The fraction of sp³-hybridized carbons (Fsp3) is 0.600. The molecule has 1 amide bonds. The van der Waals surface area contributed by atoms with Crippen LogP contribution in [0.3, 0.4) is 0 Å². The highest BCUT2D eigenvalue weighted by Gasteiger charge is 2.23. The Labute approximate surface area is 135 Å². The molecule has 6 heteroatoms. The van der Waals surface area contributed by atoms with Crippen molar-refractivity contribution in [3.05, 3.63) is 22.8 Å². The molecule has 1 heterocycles. The summed E-state index contributed by atoms with van der Waals surface area (Å²) >= 11 is 8.00. The fourth-order valence-corrected chi connectivity index (χ4v) is 3.66. The Morgan fingerprint density at radius 1 is 1.52 bits per heavy atom. The number of amides is 1. The summed E-state index contributed by atoms with van der Waals surface area (Å²) in [7, 11) is 0. The molecule has 0 radical (unpaired) electrons. The number of carbonyl (C=O) groups is 1. The molecular formula is C15H22ClN3OS. The number of nitrogens with one attached hydrogen (secondary N) is 2. The van der Waals surface area contributed by atoms with E-state index in [0.717, 1.165) is 19.4 Å². The molecule has 2 N–H and O–H groups in total. The Morgan fingerprint density at radius 3 is 3.05 bits per heavy atom. The molecule has 0 aliphatic heterocycles. The first-order chi connectivity index (χ1) is 10.1. The molecule has 116 valence electrons. The van der Waals surface area contributed by atoms with Gasteiger partial charge in [0.1, 0.15) is 5.82 Å². The number of aromatic nitrogens is 1. The summed E-state index contributed by atoms with van der Waals surface area (Å²) in [5.74, 6) is 0.575. The molecule has 0 bridgehead atoms. The Hall–Kier alpha value is -0.940. The van der Waals surface area contributed by atoms with Crippen molar-refractivity contribution >= 4 is 35.1 Å². The van der Waals surface area contributed by atoms with Crippen molar-refractivity contribution in [1.82, 2.24) is 10.3 Å². The lowest BCUT2D eigenvalue weighted by molar-refractivity contribution is 0.0928. The summed E-state index contributed by atoms with van der Waals surface area (Å²) in [5.41, 5.74) is 0.494. The van der Waals surface area contributed by atoms with Crippen molar-refractivity contribution < 1.29 is 4.79 Å². The first kappa shape index (κ1) is 16.4. The average molecular weight is 328 g/mol. The van der Waals surface area contributed by atoms with Gasteiger partial charge in [0.15, 0.2) is 0 Å². The predicted molar refractivity (Wildman–Crippen MR) is 90.4 cm³/mol. The van der Waals surface area contributed by atoms with Gasteiger partial charge in [-0.2, -0.15) is 11.8 Å². The smallest absolute Gasteiger partial charge is 0.253 e. The van der Waals surface area contributed by atoms with E-state index in [2.05, 4.69) is 21.9 Å². The third-order valence-electron chi connectivity index (χ3n) is 3.75. The van der Waals surface area contributed by atoms with Crippen LogP contribution in [0.4, 0.5) is 5.82 Å². The maximum absolute atomic E-state index is 12.4. The van der Waals surface area contributed by atoms with Crippen LogP contribution in [0.25, 0.3) is 0 Å². The number of pyridine rings is 1. The van der Waals surface area contributed by atoms with Gasteiger partial charge < -0.3 is 10.6 Å². The lowest BCUT2D eigenvalue weighted by Gasteiger charge is -2.28. The number of nitrogens with zero attached hydrogens (tertiary/aromatic N) is 1. The molecular weight excluding hydrogens is 306 g/mol. The van der Waals surface area contributed by atoms with Crippen LogP contribution in [-0.2, 0) is 0 Å². The standard InChI is InChI=1S/C15H22ClN3OS/c1-3-17-14-8-12(13(16)9-18-14)15(20)19-10-5-4-6-11(7-10)21-2/h8-11H,3-7H2,1-2H3,(H,17,18)(H,19,20).